The van der Waals surface area contributed by atoms with E-state index in [1.807, 2.05) is 23.6 Å². The van der Waals surface area contributed by atoms with Crippen molar-refractivity contribution in [3.05, 3.63) is 23.7 Å². The van der Waals surface area contributed by atoms with Crippen molar-refractivity contribution < 1.29 is 5.11 Å². The first-order chi connectivity index (χ1) is 11.1. The van der Waals surface area contributed by atoms with Gasteiger partial charge in [-0.1, -0.05) is 12.8 Å². The highest BCUT2D eigenvalue weighted by Crippen LogP contribution is 2.33. The molecule has 2 aromatic heterocycles. The average molecular weight is 315 g/mol. The van der Waals surface area contributed by atoms with Crippen LogP contribution in [0.2, 0.25) is 0 Å². The Labute approximate surface area is 136 Å². The van der Waals surface area contributed by atoms with Gasteiger partial charge in [0.2, 0.25) is 0 Å². The normalized spacial score (nSPS) is 22.9. The minimum atomic E-state index is -0.437. The van der Waals surface area contributed by atoms with Crippen molar-refractivity contribution in [1.29, 1.82) is 0 Å². The molecule has 0 radical (unpaired) electrons. The Morgan fingerprint density at radius 2 is 1.91 bits per heavy atom. The van der Waals surface area contributed by atoms with Crippen molar-refractivity contribution in [2.75, 3.05) is 19.6 Å². The zero-order chi connectivity index (χ0) is 15.9. The molecule has 2 aromatic rings. The Morgan fingerprint density at radius 3 is 2.65 bits per heavy atom. The van der Waals surface area contributed by atoms with Crippen molar-refractivity contribution >= 4 is 5.65 Å². The molecule has 4 rings (SSSR count). The second-order valence-electron chi connectivity index (χ2n) is 7.28. The summed E-state index contributed by atoms with van der Waals surface area (Å²) in [6, 6.07) is 3.95. The van der Waals surface area contributed by atoms with E-state index in [4.69, 9.17) is 0 Å². The lowest BCUT2D eigenvalue weighted by Crippen LogP contribution is -2.44. The maximum Gasteiger partial charge on any atom is 0.177 e. The molecule has 0 aromatic carbocycles. The Balaban J connectivity index is 1.43. The Morgan fingerprint density at radius 1 is 1.17 bits per heavy atom. The molecule has 0 amide bonds. The lowest BCUT2D eigenvalue weighted by Gasteiger charge is -2.36. The van der Waals surface area contributed by atoms with Gasteiger partial charge in [-0.05, 0) is 57.8 Å². The first kappa shape index (κ1) is 15.0. The van der Waals surface area contributed by atoms with Gasteiger partial charge < -0.3 is 10.0 Å². The van der Waals surface area contributed by atoms with Gasteiger partial charge in [-0.2, -0.15) is 9.61 Å². The summed E-state index contributed by atoms with van der Waals surface area (Å²) in [4.78, 5) is 2.42. The molecule has 2 aliphatic rings. The first-order valence-electron chi connectivity index (χ1n) is 8.77. The summed E-state index contributed by atoms with van der Waals surface area (Å²) in [6.45, 7) is 4.87. The van der Waals surface area contributed by atoms with Crippen molar-refractivity contribution in [2.24, 2.45) is 0 Å². The SMILES string of the molecule is Cc1ccc2nnc(C3CCN(CC4(O)CCCC4)CC3)n2n1. The molecule has 0 spiro atoms. The second-order valence-corrected chi connectivity index (χ2v) is 7.28. The van der Waals surface area contributed by atoms with E-state index in [1.54, 1.807) is 0 Å². The number of nitrogens with zero attached hydrogens (tertiary/aromatic N) is 5. The summed E-state index contributed by atoms with van der Waals surface area (Å²) < 4.78 is 1.90. The highest BCUT2D eigenvalue weighted by Gasteiger charge is 2.34. The molecule has 1 N–H and O–H groups in total. The van der Waals surface area contributed by atoms with Gasteiger partial charge >= 0.3 is 0 Å². The topological polar surface area (TPSA) is 66.5 Å². The third-order valence-electron chi connectivity index (χ3n) is 5.43. The van der Waals surface area contributed by atoms with Crippen LogP contribution < -0.4 is 0 Å². The van der Waals surface area contributed by atoms with Gasteiger partial charge in [-0.25, -0.2) is 0 Å². The third kappa shape index (κ3) is 2.97. The van der Waals surface area contributed by atoms with Crippen LogP contribution in [0.15, 0.2) is 12.1 Å². The van der Waals surface area contributed by atoms with E-state index in [-0.39, 0.29) is 0 Å². The van der Waals surface area contributed by atoms with E-state index in [0.717, 1.165) is 62.5 Å². The van der Waals surface area contributed by atoms with E-state index in [0.29, 0.717) is 5.92 Å². The summed E-state index contributed by atoms with van der Waals surface area (Å²) >= 11 is 0. The van der Waals surface area contributed by atoms with Crippen molar-refractivity contribution in [3.8, 4) is 0 Å². The number of fused-ring (bicyclic) bond motifs is 1. The fourth-order valence-corrected chi connectivity index (χ4v) is 4.11. The summed E-state index contributed by atoms with van der Waals surface area (Å²) in [5.41, 5.74) is 1.38. The Hall–Kier alpha value is -1.53. The molecule has 0 atom stereocenters. The van der Waals surface area contributed by atoms with Crippen molar-refractivity contribution in [3.63, 3.8) is 0 Å². The lowest BCUT2D eigenvalue weighted by atomic mass is 9.94. The number of rotatable bonds is 3. The maximum absolute atomic E-state index is 10.6. The lowest BCUT2D eigenvalue weighted by molar-refractivity contribution is 0.00273. The number of aliphatic hydroxyl groups is 1. The van der Waals surface area contributed by atoms with E-state index < -0.39 is 5.60 Å². The van der Waals surface area contributed by atoms with Crippen molar-refractivity contribution in [2.45, 2.75) is 57.0 Å². The number of likely N-dealkylation sites (tertiary alicyclic amines) is 1. The third-order valence-corrected chi connectivity index (χ3v) is 5.43. The molecule has 6 nitrogen and oxygen atoms in total. The molecule has 1 saturated carbocycles. The smallest absolute Gasteiger partial charge is 0.177 e. The predicted octanol–water partition coefficient (Wildman–Crippen LogP) is 1.92. The predicted molar refractivity (Wildman–Crippen MR) is 87.4 cm³/mol. The summed E-state index contributed by atoms with van der Waals surface area (Å²) in [7, 11) is 0. The number of hydrogen-bond donors (Lipinski definition) is 1. The van der Waals surface area contributed by atoms with Gasteiger partial charge in [-0.3, -0.25) is 0 Å². The van der Waals surface area contributed by atoms with Crippen molar-refractivity contribution in [1.82, 2.24) is 24.7 Å². The van der Waals surface area contributed by atoms with Crippen LogP contribution in [0.1, 0.15) is 56.0 Å². The zero-order valence-corrected chi connectivity index (χ0v) is 13.8. The first-order valence-corrected chi connectivity index (χ1v) is 8.77. The maximum atomic E-state index is 10.6. The molecule has 2 fully saturated rings. The number of β-amino-alcohol motifs (C(OH)–C–C–N with tert-alkyl or cyclic N) is 1. The van der Waals surface area contributed by atoms with Crippen LogP contribution in [0.25, 0.3) is 5.65 Å². The van der Waals surface area contributed by atoms with Gasteiger partial charge in [0.15, 0.2) is 11.5 Å². The molecule has 3 heterocycles. The molecule has 1 aliphatic carbocycles. The van der Waals surface area contributed by atoms with Gasteiger partial charge in [0, 0.05) is 12.5 Å². The average Bonchev–Trinajstić information content (AvgIpc) is 3.14. The summed E-state index contributed by atoms with van der Waals surface area (Å²) in [5, 5.41) is 23.8. The fraction of sp³-hybridized carbons (Fsp3) is 0.706. The van der Waals surface area contributed by atoms with E-state index in [1.165, 1.54) is 12.8 Å². The zero-order valence-electron chi connectivity index (χ0n) is 13.8. The van der Waals surface area contributed by atoms with Gasteiger partial charge in [-0.15, -0.1) is 10.2 Å². The van der Waals surface area contributed by atoms with Crippen LogP contribution in [-0.4, -0.2) is 55.1 Å². The van der Waals surface area contributed by atoms with Crippen LogP contribution in [0.4, 0.5) is 0 Å². The van der Waals surface area contributed by atoms with Crippen LogP contribution in [0.5, 0.6) is 0 Å². The number of aromatic nitrogens is 4. The number of aryl methyl sites for hydroxylation is 1. The minimum absolute atomic E-state index is 0.411. The van der Waals surface area contributed by atoms with Crippen LogP contribution >= 0.6 is 0 Å². The standard InChI is InChI=1S/C17H25N5O/c1-13-4-5-15-18-19-16(22(15)20-13)14-6-10-21(11-7-14)12-17(23)8-2-3-9-17/h4-5,14,23H,2-3,6-12H2,1H3. The van der Waals surface area contributed by atoms with Gasteiger partial charge in [0.1, 0.15) is 0 Å². The molecule has 23 heavy (non-hydrogen) atoms. The van der Waals surface area contributed by atoms with Crippen LogP contribution in [0.3, 0.4) is 0 Å². The summed E-state index contributed by atoms with van der Waals surface area (Å²) in [5.74, 6) is 1.40. The minimum Gasteiger partial charge on any atom is -0.389 e. The van der Waals surface area contributed by atoms with Crippen LogP contribution in [-0.2, 0) is 0 Å². The molecule has 124 valence electrons. The van der Waals surface area contributed by atoms with Crippen LogP contribution in [0, 0.1) is 6.92 Å². The van der Waals surface area contributed by atoms with Gasteiger partial charge in [0.25, 0.3) is 0 Å². The molecule has 1 saturated heterocycles. The Kier molecular flexibility index (Phi) is 3.81. The largest absolute Gasteiger partial charge is 0.389 e. The van der Waals surface area contributed by atoms with E-state index in [2.05, 4.69) is 20.2 Å². The summed E-state index contributed by atoms with van der Waals surface area (Å²) in [6.07, 6.45) is 6.39. The van der Waals surface area contributed by atoms with E-state index >= 15 is 0 Å². The fourth-order valence-electron chi connectivity index (χ4n) is 4.11. The molecule has 6 heteroatoms. The number of piperidine rings is 1. The molecular weight excluding hydrogens is 290 g/mol. The molecule has 0 bridgehead atoms. The van der Waals surface area contributed by atoms with E-state index in [9.17, 15) is 5.11 Å². The monoisotopic (exact) mass is 315 g/mol. The molecular formula is C17H25N5O. The van der Waals surface area contributed by atoms with Gasteiger partial charge in [0.05, 0.1) is 11.3 Å². The molecule has 1 aliphatic heterocycles. The quantitative estimate of drug-likeness (QED) is 0.937. The second kappa shape index (κ2) is 5.83. The molecule has 0 unspecified atom stereocenters. The Bertz CT molecular complexity index is 683. The highest BCUT2D eigenvalue weighted by molar-refractivity contribution is 5.36. The number of hydrogen-bond acceptors (Lipinski definition) is 5. The highest BCUT2D eigenvalue weighted by atomic mass is 16.3.